The minimum atomic E-state index is -0.217. The monoisotopic (exact) mass is 198 g/mol. The minimum Gasteiger partial charge on any atom is -0.371 e. The summed E-state index contributed by atoms with van der Waals surface area (Å²) in [6.07, 6.45) is 2.40. The second kappa shape index (κ2) is 3.51. The molecule has 2 fully saturated rings. The molecule has 0 aromatic carbocycles. The number of amides is 1. The van der Waals surface area contributed by atoms with E-state index in [1.165, 1.54) is 0 Å². The minimum absolute atomic E-state index is 0.108. The Balaban J connectivity index is 2.03. The van der Waals surface area contributed by atoms with E-state index in [9.17, 15) is 4.79 Å². The van der Waals surface area contributed by atoms with E-state index in [0.29, 0.717) is 13.0 Å². The zero-order chi connectivity index (χ0) is 10.2. The predicted octanol–water partition coefficient (Wildman–Crippen LogP) is 0.115. The Labute approximate surface area is 84.4 Å². The number of carbonyl (C=O) groups is 1. The molecule has 2 aliphatic rings. The van der Waals surface area contributed by atoms with E-state index in [4.69, 9.17) is 10.5 Å². The highest BCUT2D eigenvalue weighted by atomic mass is 16.5. The number of hydrogen-bond acceptors (Lipinski definition) is 3. The fourth-order valence-electron chi connectivity index (χ4n) is 2.42. The molecule has 0 bridgehead atoms. The zero-order valence-corrected chi connectivity index (χ0v) is 8.66. The lowest BCUT2D eigenvalue weighted by Gasteiger charge is -2.27. The van der Waals surface area contributed by atoms with Crippen LogP contribution in [0.5, 0.6) is 0 Å². The van der Waals surface area contributed by atoms with Gasteiger partial charge in [-0.1, -0.05) is 6.92 Å². The molecule has 2 saturated heterocycles. The van der Waals surface area contributed by atoms with Gasteiger partial charge < -0.3 is 15.4 Å². The summed E-state index contributed by atoms with van der Waals surface area (Å²) in [5.41, 5.74) is 5.80. The molecule has 80 valence electrons. The first-order chi connectivity index (χ1) is 6.68. The third kappa shape index (κ3) is 1.42. The number of nitrogens with two attached hydrogens (primary N) is 1. The molecule has 2 aliphatic heterocycles. The maximum absolute atomic E-state index is 11.5. The van der Waals surface area contributed by atoms with Crippen molar-refractivity contribution in [2.45, 2.75) is 37.8 Å². The van der Waals surface area contributed by atoms with Crippen LogP contribution in [-0.4, -0.2) is 42.1 Å². The highest BCUT2D eigenvalue weighted by Crippen LogP contribution is 2.34. The number of hydrogen-bond donors (Lipinski definition) is 1. The van der Waals surface area contributed by atoms with E-state index in [1.807, 2.05) is 11.8 Å². The summed E-state index contributed by atoms with van der Waals surface area (Å²) in [4.78, 5) is 13.4. The SMILES string of the molecule is CCC(=O)N1CCC2(C1)OCCC2N. The van der Waals surface area contributed by atoms with Gasteiger partial charge in [-0.2, -0.15) is 0 Å². The lowest BCUT2D eigenvalue weighted by Crippen LogP contribution is -2.47. The highest BCUT2D eigenvalue weighted by Gasteiger charge is 2.48. The van der Waals surface area contributed by atoms with Gasteiger partial charge in [0.25, 0.3) is 0 Å². The molecule has 4 heteroatoms. The van der Waals surface area contributed by atoms with Gasteiger partial charge in [-0.3, -0.25) is 4.79 Å². The Bertz CT molecular complexity index is 244. The topological polar surface area (TPSA) is 55.6 Å². The smallest absolute Gasteiger partial charge is 0.222 e. The Morgan fingerprint density at radius 3 is 3.07 bits per heavy atom. The largest absolute Gasteiger partial charge is 0.371 e. The Kier molecular flexibility index (Phi) is 2.49. The van der Waals surface area contributed by atoms with Gasteiger partial charge >= 0.3 is 0 Å². The average Bonchev–Trinajstić information content (AvgIpc) is 2.76. The zero-order valence-electron chi connectivity index (χ0n) is 8.66. The number of likely N-dealkylation sites (tertiary alicyclic amines) is 1. The molecule has 14 heavy (non-hydrogen) atoms. The van der Waals surface area contributed by atoms with Crippen molar-refractivity contribution in [2.75, 3.05) is 19.7 Å². The molecule has 1 amide bonds. The molecule has 0 aliphatic carbocycles. The van der Waals surface area contributed by atoms with E-state index in [0.717, 1.165) is 26.0 Å². The molecule has 2 atom stereocenters. The second-order valence-electron chi connectivity index (χ2n) is 4.23. The number of nitrogens with zero attached hydrogens (tertiary/aromatic N) is 1. The van der Waals surface area contributed by atoms with Crippen molar-refractivity contribution in [1.29, 1.82) is 0 Å². The summed E-state index contributed by atoms with van der Waals surface area (Å²) in [6.45, 7) is 4.14. The third-order valence-electron chi connectivity index (χ3n) is 3.41. The molecular weight excluding hydrogens is 180 g/mol. The van der Waals surface area contributed by atoms with Gasteiger partial charge in [0.2, 0.25) is 5.91 Å². The van der Waals surface area contributed by atoms with Crippen molar-refractivity contribution >= 4 is 5.91 Å². The van der Waals surface area contributed by atoms with Crippen molar-refractivity contribution in [3.05, 3.63) is 0 Å². The first kappa shape index (κ1) is 9.93. The van der Waals surface area contributed by atoms with Gasteiger partial charge in [0.15, 0.2) is 0 Å². The van der Waals surface area contributed by atoms with Crippen LogP contribution in [0.15, 0.2) is 0 Å². The molecular formula is C10H18N2O2. The van der Waals surface area contributed by atoms with E-state index < -0.39 is 0 Å². The quantitative estimate of drug-likeness (QED) is 0.651. The summed E-state index contributed by atoms with van der Waals surface area (Å²) in [7, 11) is 0. The second-order valence-corrected chi connectivity index (χ2v) is 4.23. The Morgan fingerprint density at radius 1 is 1.71 bits per heavy atom. The van der Waals surface area contributed by atoms with Gasteiger partial charge in [0.05, 0.1) is 6.54 Å². The van der Waals surface area contributed by atoms with Crippen molar-refractivity contribution in [3.8, 4) is 0 Å². The van der Waals surface area contributed by atoms with Crippen LogP contribution in [0.1, 0.15) is 26.2 Å². The van der Waals surface area contributed by atoms with Crippen LogP contribution in [0.4, 0.5) is 0 Å². The molecule has 2 N–H and O–H groups in total. The van der Waals surface area contributed by atoms with Gasteiger partial charge in [0, 0.05) is 25.6 Å². The van der Waals surface area contributed by atoms with E-state index >= 15 is 0 Å². The van der Waals surface area contributed by atoms with E-state index in [1.54, 1.807) is 0 Å². The average molecular weight is 198 g/mol. The molecule has 2 rings (SSSR count). The van der Waals surface area contributed by atoms with Gasteiger partial charge in [0.1, 0.15) is 5.60 Å². The molecule has 0 saturated carbocycles. The van der Waals surface area contributed by atoms with Gasteiger partial charge in [-0.25, -0.2) is 0 Å². The van der Waals surface area contributed by atoms with Crippen LogP contribution < -0.4 is 5.73 Å². The molecule has 4 nitrogen and oxygen atoms in total. The molecule has 0 aromatic heterocycles. The highest BCUT2D eigenvalue weighted by molar-refractivity contribution is 5.76. The Morgan fingerprint density at radius 2 is 2.50 bits per heavy atom. The molecule has 0 radical (unpaired) electrons. The number of carbonyl (C=O) groups excluding carboxylic acids is 1. The molecule has 0 aromatic rings. The van der Waals surface area contributed by atoms with Crippen LogP contribution in [0.25, 0.3) is 0 Å². The van der Waals surface area contributed by atoms with Crippen molar-refractivity contribution in [2.24, 2.45) is 5.73 Å². The Hall–Kier alpha value is -0.610. The first-order valence-corrected chi connectivity index (χ1v) is 5.35. The first-order valence-electron chi connectivity index (χ1n) is 5.35. The molecule has 2 unspecified atom stereocenters. The third-order valence-corrected chi connectivity index (χ3v) is 3.41. The summed E-state index contributed by atoms with van der Waals surface area (Å²) < 4.78 is 5.72. The maximum atomic E-state index is 11.5. The maximum Gasteiger partial charge on any atom is 0.222 e. The van der Waals surface area contributed by atoms with Crippen LogP contribution in [-0.2, 0) is 9.53 Å². The van der Waals surface area contributed by atoms with Crippen LogP contribution in [0, 0.1) is 0 Å². The molecule has 1 spiro atoms. The molecule has 2 heterocycles. The van der Waals surface area contributed by atoms with Crippen molar-refractivity contribution < 1.29 is 9.53 Å². The fourth-order valence-corrected chi connectivity index (χ4v) is 2.42. The summed E-state index contributed by atoms with van der Waals surface area (Å²) in [5, 5.41) is 0. The lowest BCUT2D eigenvalue weighted by molar-refractivity contribution is -0.131. The van der Waals surface area contributed by atoms with Gasteiger partial charge in [-0.15, -0.1) is 0 Å². The number of ether oxygens (including phenoxy) is 1. The van der Waals surface area contributed by atoms with E-state index in [-0.39, 0.29) is 17.6 Å². The van der Waals surface area contributed by atoms with Gasteiger partial charge in [-0.05, 0) is 12.8 Å². The van der Waals surface area contributed by atoms with Crippen molar-refractivity contribution in [3.63, 3.8) is 0 Å². The number of rotatable bonds is 1. The standard InChI is InChI=1S/C10H18N2O2/c1-2-9(13)12-5-4-10(7-12)8(11)3-6-14-10/h8H,2-7,11H2,1H3. The van der Waals surface area contributed by atoms with Crippen molar-refractivity contribution in [1.82, 2.24) is 4.90 Å². The summed E-state index contributed by atoms with van der Waals surface area (Å²) in [5.74, 6) is 0.213. The van der Waals surface area contributed by atoms with Crippen LogP contribution in [0.3, 0.4) is 0 Å². The normalized spacial score (nSPS) is 37.0. The van der Waals surface area contributed by atoms with Crippen LogP contribution in [0.2, 0.25) is 0 Å². The van der Waals surface area contributed by atoms with E-state index in [2.05, 4.69) is 0 Å². The lowest BCUT2D eigenvalue weighted by atomic mass is 9.94. The predicted molar refractivity (Wildman–Crippen MR) is 52.8 cm³/mol. The summed E-state index contributed by atoms with van der Waals surface area (Å²) >= 11 is 0. The van der Waals surface area contributed by atoms with Crippen LogP contribution >= 0.6 is 0 Å². The fraction of sp³-hybridized carbons (Fsp3) is 0.900. The summed E-state index contributed by atoms with van der Waals surface area (Å²) in [6, 6.07) is 0.108.